The molecule has 36 heavy (non-hydrogen) atoms. The van der Waals surface area contributed by atoms with Gasteiger partial charge in [-0.25, -0.2) is 9.18 Å². The van der Waals surface area contributed by atoms with Gasteiger partial charge in [-0.2, -0.15) is 4.99 Å². The molecule has 0 saturated carbocycles. The summed E-state index contributed by atoms with van der Waals surface area (Å²) < 4.78 is 22.5. The molecule has 0 aliphatic carbocycles. The number of rotatable bonds is 7. The molecule has 190 valence electrons. The molecule has 0 amide bonds. The molecule has 0 spiro atoms. The summed E-state index contributed by atoms with van der Waals surface area (Å²) in [6, 6.07) is 14.1. The highest BCUT2D eigenvalue weighted by molar-refractivity contribution is 5.85. The molecule has 1 aliphatic rings. The fraction of sp³-hybridized carbons (Fsp3) is 0.393. The molecule has 8 heteroatoms. The Morgan fingerprint density at radius 2 is 1.86 bits per heavy atom. The normalized spacial score (nSPS) is 15.4. The smallest absolute Gasteiger partial charge is 0.332 e. The van der Waals surface area contributed by atoms with E-state index < -0.39 is 5.69 Å². The number of benzene rings is 2. The van der Waals surface area contributed by atoms with Crippen LogP contribution in [0.15, 0.2) is 63.1 Å². The molecule has 0 bridgehead atoms. The molecule has 7 nitrogen and oxygen atoms in total. The first-order chi connectivity index (χ1) is 17.3. The van der Waals surface area contributed by atoms with Crippen LogP contribution < -0.4 is 16.0 Å². The topological polar surface area (TPSA) is 85.8 Å². The van der Waals surface area contributed by atoms with Crippen molar-refractivity contribution in [2.24, 2.45) is 18.0 Å². The molecule has 1 atom stereocenters. The highest BCUT2D eigenvalue weighted by Crippen LogP contribution is 2.31. The highest BCUT2D eigenvalue weighted by Gasteiger charge is 2.28. The maximum Gasteiger partial charge on any atom is 0.332 e. The summed E-state index contributed by atoms with van der Waals surface area (Å²) >= 11 is 0. The standard InChI is InChI=1S/C28H32FN3O4/c1-18(2)22-7-4-5-8-24(22)36-26-20(17-19-9-12-21(29)13-10-19)11-14-23-25(30-26)31(3)28(35)32(27(23)34)15-6-16-33/h4-5,7-10,12-13,18,20,33H,6,11,14-17H2,1-3H3. The van der Waals surface area contributed by atoms with Crippen LogP contribution in [-0.2, 0) is 26.4 Å². The number of fused-ring (bicyclic) bond motifs is 1. The van der Waals surface area contributed by atoms with Gasteiger partial charge in [-0.1, -0.05) is 44.2 Å². The summed E-state index contributed by atoms with van der Waals surface area (Å²) in [5.74, 6) is 1.13. The van der Waals surface area contributed by atoms with Crippen LogP contribution in [0.25, 0.3) is 0 Å². The lowest BCUT2D eigenvalue weighted by Crippen LogP contribution is -2.41. The fourth-order valence-corrected chi connectivity index (χ4v) is 4.61. The second kappa shape index (κ2) is 11.0. The number of aliphatic hydroxyl groups is 1. The molecular formula is C28H32FN3O4. The van der Waals surface area contributed by atoms with Crippen molar-refractivity contribution in [1.29, 1.82) is 0 Å². The lowest BCUT2D eigenvalue weighted by atomic mass is 9.93. The first kappa shape index (κ1) is 25.6. The summed E-state index contributed by atoms with van der Waals surface area (Å²) in [6.07, 6.45) is 1.84. The van der Waals surface area contributed by atoms with E-state index in [4.69, 9.17) is 9.73 Å². The maximum absolute atomic E-state index is 13.5. The third kappa shape index (κ3) is 5.33. The summed E-state index contributed by atoms with van der Waals surface area (Å²) in [4.78, 5) is 31.1. The van der Waals surface area contributed by atoms with Gasteiger partial charge in [0, 0.05) is 26.1 Å². The van der Waals surface area contributed by atoms with Gasteiger partial charge in [-0.15, -0.1) is 0 Å². The molecule has 3 aromatic rings. The van der Waals surface area contributed by atoms with Crippen molar-refractivity contribution in [3.8, 4) is 5.75 Å². The SMILES string of the molecule is CC(C)c1ccccc1OC1=Nc2c(c(=O)n(CCCO)c(=O)n2C)CCC1Cc1ccc(F)cc1. The summed E-state index contributed by atoms with van der Waals surface area (Å²) in [7, 11) is 1.60. The number of aliphatic hydroxyl groups excluding tert-OH is 1. The molecule has 1 aliphatic heterocycles. The van der Waals surface area contributed by atoms with Crippen LogP contribution in [0, 0.1) is 11.7 Å². The molecule has 0 saturated heterocycles. The largest absolute Gasteiger partial charge is 0.442 e. The average Bonchev–Trinajstić information content (AvgIpc) is 3.04. The molecular weight excluding hydrogens is 461 g/mol. The van der Waals surface area contributed by atoms with Gasteiger partial charge in [0.1, 0.15) is 17.4 Å². The highest BCUT2D eigenvalue weighted by atomic mass is 19.1. The molecule has 4 rings (SSSR count). The molecule has 0 fully saturated rings. The average molecular weight is 494 g/mol. The number of ether oxygens (including phenoxy) is 1. The number of aromatic nitrogens is 2. The Hall–Kier alpha value is -3.52. The predicted octanol–water partition coefficient (Wildman–Crippen LogP) is 4.11. The Balaban J connectivity index is 1.82. The van der Waals surface area contributed by atoms with E-state index in [2.05, 4.69) is 13.8 Å². The predicted molar refractivity (Wildman–Crippen MR) is 138 cm³/mol. The molecule has 1 N–H and O–H groups in total. The van der Waals surface area contributed by atoms with Gasteiger partial charge in [0.25, 0.3) is 5.56 Å². The summed E-state index contributed by atoms with van der Waals surface area (Å²) in [6.45, 7) is 4.20. The molecule has 0 radical (unpaired) electrons. The number of nitrogens with zero attached hydrogens (tertiary/aromatic N) is 3. The zero-order valence-electron chi connectivity index (χ0n) is 20.9. The number of hydrogen-bond donors (Lipinski definition) is 1. The van der Waals surface area contributed by atoms with Crippen LogP contribution in [-0.4, -0.2) is 26.7 Å². The van der Waals surface area contributed by atoms with Crippen LogP contribution in [0.5, 0.6) is 5.75 Å². The second-order valence-corrected chi connectivity index (χ2v) is 9.49. The Morgan fingerprint density at radius 1 is 1.14 bits per heavy atom. The fourth-order valence-electron chi connectivity index (χ4n) is 4.61. The number of aliphatic imine (C=N–C) groups is 1. The molecule has 2 aromatic carbocycles. The van der Waals surface area contributed by atoms with E-state index in [0.29, 0.717) is 48.7 Å². The second-order valence-electron chi connectivity index (χ2n) is 9.49. The van der Waals surface area contributed by atoms with Gasteiger partial charge in [-0.3, -0.25) is 13.9 Å². The van der Waals surface area contributed by atoms with Gasteiger partial charge >= 0.3 is 5.69 Å². The van der Waals surface area contributed by atoms with E-state index in [-0.39, 0.29) is 36.4 Å². The number of hydrogen-bond acceptors (Lipinski definition) is 5. The van der Waals surface area contributed by atoms with Gasteiger partial charge in [-0.05, 0) is 60.9 Å². The molecule has 1 aromatic heterocycles. The maximum atomic E-state index is 13.5. The Kier molecular flexibility index (Phi) is 7.84. The van der Waals surface area contributed by atoms with Crippen molar-refractivity contribution in [3.05, 3.63) is 91.9 Å². The van der Waals surface area contributed by atoms with Gasteiger partial charge < -0.3 is 9.84 Å². The van der Waals surface area contributed by atoms with E-state index in [1.807, 2.05) is 24.3 Å². The van der Waals surface area contributed by atoms with E-state index in [1.165, 1.54) is 21.3 Å². The van der Waals surface area contributed by atoms with E-state index in [9.17, 15) is 19.1 Å². The molecule has 2 heterocycles. The van der Waals surface area contributed by atoms with Gasteiger partial charge in [0.05, 0.1) is 5.56 Å². The van der Waals surface area contributed by atoms with E-state index in [1.54, 1.807) is 19.2 Å². The Morgan fingerprint density at radius 3 is 2.56 bits per heavy atom. The van der Waals surface area contributed by atoms with E-state index >= 15 is 0 Å². The number of halogens is 1. The minimum Gasteiger partial charge on any atom is -0.442 e. The van der Waals surface area contributed by atoms with Crippen molar-refractivity contribution in [3.63, 3.8) is 0 Å². The van der Waals surface area contributed by atoms with Gasteiger partial charge in [0.15, 0.2) is 5.90 Å². The van der Waals surface area contributed by atoms with Crippen molar-refractivity contribution in [1.82, 2.24) is 9.13 Å². The zero-order valence-corrected chi connectivity index (χ0v) is 20.9. The minimum atomic E-state index is -0.477. The third-order valence-electron chi connectivity index (χ3n) is 6.61. The lowest BCUT2D eigenvalue weighted by Gasteiger charge is -2.20. The summed E-state index contributed by atoms with van der Waals surface area (Å²) in [5.41, 5.74) is 1.55. The van der Waals surface area contributed by atoms with Crippen LogP contribution in [0.3, 0.4) is 0 Å². The zero-order chi connectivity index (χ0) is 25.8. The van der Waals surface area contributed by atoms with Crippen LogP contribution in [0.1, 0.15) is 49.3 Å². The van der Waals surface area contributed by atoms with E-state index in [0.717, 1.165) is 11.1 Å². The molecule has 1 unspecified atom stereocenters. The quantitative estimate of drug-likeness (QED) is 0.537. The Labute approximate surface area is 209 Å². The monoisotopic (exact) mass is 493 g/mol. The minimum absolute atomic E-state index is 0.113. The van der Waals surface area contributed by atoms with Crippen molar-refractivity contribution >= 4 is 11.7 Å². The Bertz CT molecular complexity index is 1370. The lowest BCUT2D eigenvalue weighted by molar-refractivity contribution is 0.277. The van der Waals surface area contributed by atoms with Crippen molar-refractivity contribution < 1.29 is 14.2 Å². The summed E-state index contributed by atoms with van der Waals surface area (Å²) in [5, 5.41) is 9.20. The first-order valence-electron chi connectivity index (χ1n) is 12.3. The number of para-hydroxylation sites is 1. The van der Waals surface area contributed by atoms with Gasteiger partial charge in [0.2, 0.25) is 0 Å². The van der Waals surface area contributed by atoms with Crippen LogP contribution >= 0.6 is 0 Å². The van der Waals surface area contributed by atoms with Crippen LogP contribution in [0.2, 0.25) is 0 Å². The van der Waals surface area contributed by atoms with Crippen molar-refractivity contribution in [2.75, 3.05) is 6.61 Å². The first-order valence-corrected chi connectivity index (χ1v) is 12.3. The van der Waals surface area contributed by atoms with Crippen molar-refractivity contribution in [2.45, 2.75) is 52.0 Å². The van der Waals surface area contributed by atoms with Crippen LogP contribution in [0.4, 0.5) is 10.2 Å². The third-order valence-corrected chi connectivity index (χ3v) is 6.61.